The minimum Gasteiger partial charge on any atom is -0.443 e. The van der Waals surface area contributed by atoms with E-state index in [-0.39, 0.29) is 46.9 Å². The molecular weight excluding hydrogens is 586 g/mol. The van der Waals surface area contributed by atoms with E-state index in [9.17, 15) is 36.7 Å². The van der Waals surface area contributed by atoms with Gasteiger partial charge in [0.25, 0.3) is 5.56 Å². The second kappa shape index (κ2) is 13.9. The molecule has 44 heavy (non-hydrogen) atoms. The highest BCUT2D eigenvalue weighted by atomic mass is 19.4. The van der Waals surface area contributed by atoms with E-state index in [1.54, 1.807) is 40.9 Å². The maximum atomic E-state index is 14.5. The topological polar surface area (TPSA) is 116 Å². The Morgan fingerprint density at radius 3 is 2.45 bits per heavy atom. The maximum Gasteiger partial charge on any atom is 0.419 e. The van der Waals surface area contributed by atoms with Crippen molar-refractivity contribution in [3.05, 3.63) is 70.2 Å². The third-order valence-corrected chi connectivity index (χ3v) is 6.25. The van der Waals surface area contributed by atoms with E-state index in [0.29, 0.717) is 12.8 Å². The van der Waals surface area contributed by atoms with Gasteiger partial charge in [-0.15, -0.1) is 0 Å². The number of fused-ring (bicyclic) bond motifs is 1. The first kappa shape index (κ1) is 34.0. The van der Waals surface area contributed by atoms with Gasteiger partial charge in [-0.05, 0) is 69.9 Å². The lowest BCUT2D eigenvalue weighted by Gasteiger charge is -2.22. The molecule has 2 aromatic heterocycles. The normalized spacial score (nSPS) is 12.1. The first-order valence-electron chi connectivity index (χ1n) is 13.8. The third-order valence-electron chi connectivity index (χ3n) is 6.25. The van der Waals surface area contributed by atoms with Gasteiger partial charge in [-0.1, -0.05) is 6.08 Å². The molecule has 0 fully saturated rings. The number of allylic oxidation sites excluding steroid dienone is 1. The van der Waals surface area contributed by atoms with Gasteiger partial charge in [0.05, 0.1) is 17.8 Å². The number of ether oxygens (including phenoxy) is 1. The number of carbonyl (C=O) groups excluding carboxylic acids is 3. The van der Waals surface area contributed by atoms with Crippen molar-refractivity contribution in [2.24, 2.45) is 0 Å². The van der Waals surface area contributed by atoms with Gasteiger partial charge in [-0.25, -0.2) is 18.7 Å². The van der Waals surface area contributed by atoms with Gasteiger partial charge in [0.15, 0.2) is 5.82 Å². The highest BCUT2D eigenvalue weighted by molar-refractivity contribution is 5.93. The Morgan fingerprint density at radius 2 is 1.82 bits per heavy atom. The molecule has 1 aromatic carbocycles. The summed E-state index contributed by atoms with van der Waals surface area (Å²) in [5.74, 6) is -1.72. The number of amides is 2. The summed E-state index contributed by atoms with van der Waals surface area (Å²) >= 11 is 0. The summed E-state index contributed by atoms with van der Waals surface area (Å²) in [5, 5.41) is 2.61. The van der Waals surface area contributed by atoms with Crippen LogP contribution in [0.4, 0.5) is 28.2 Å². The number of benzene rings is 1. The Hall–Kier alpha value is -4.49. The average molecular weight is 622 g/mol. The monoisotopic (exact) mass is 621 g/mol. The zero-order valence-corrected chi connectivity index (χ0v) is 25.1. The fourth-order valence-electron chi connectivity index (χ4n) is 4.29. The number of hydrogen-bond acceptors (Lipinski definition) is 6. The van der Waals surface area contributed by atoms with Gasteiger partial charge >= 0.3 is 12.3 Å². The smallest absolute Gasteiger partial charge is 0.419 e. The van der Waals surface area contributed by atoms with Crippen LogP contribution in [0, 0.1) is 5.82 Å². The number of nitrogens with one attached hydrogen (secondary N) is 1. The Morgan fingerprint density at radius 1 is 1.11 bits per heavy atom. The lowest BCUT2D eigenvalue weighted by Crippen LogP contribution is -2.30. The Balaban J connectivity index is 1.91. The SMILES string of the molecule is CN(C)C(=O)/C=C/CCCC(=O)Nc1nccn(Cc2cc3cc(F)cc(CCC(F)(F)F)c3n2C(=O)OC(C)(C)C)c1=O. The van der Waals surface area contributed by atoms with Crippen LogP contribution in [0.25, 0.3) is 10.9 Å². The number of carbonyl (C=O) groups is 3. The summed E-state index contributed by atoms with van der Waals surface area (Å²) in [5.41, 5.74) is -1.55. The summed E-state index contributed by atoms with van der Waals surface area (Å²) in [6.07, 6.45) is -0.712. The molecule has 0 aliphatic carbocycles. The van der Waals surface area contributed by atoms with Crippen LogP contribution in [-0.2, 0) is 27.3 Å². The zero-order valence-electron chi connectivity index (χ0n) is 25.1. The van der Waals surface area contributed by atoms with Gasteiger partial charge < -0.3 is 19.5 Å². The van der Waals surface area contributed by atoms with Crippen LogP contribution < -0.4 is 10.9 Å². The van der Waals surface area contributed by atoms with Gasteiger partial charge in [0, 0.05) is 44.7 Å². The number of alkyl halides is 3. The molecule has 0 atom stereocenters. The van der Waals surface area contributed by atoms with Crippen LogP contribution in [0.2, 0.25) is 0 Å². The highest BCUT2D eigenvalue weighted by Gasteiger charge is 2.29. The number of rotatable bonds is 10. The Bertz CT molecular complexity index is 1620. The minimum absolute atomic E-state index is 0.0388. The molecule has 2 amide bonds. The largest absolute Gasteiger partial charge is 0.443 e. The number of anilines is 1. The van der Waals surface area contributed by atoms with Crippen LogP contribution in [0.3, 0.4) is 0 Å². The predicted molar refractivity (Wildman–Crippen MR) is 156 cm³/mol. The summed E-state index contributed by atoms with van der Waals surface area (Å²) in [4.78, 5) is 55.9. The molecule has 3 aromatic rings. The summed E-state index contributed by atoms with van der Waals surface area (Å²) in [6.45, 7) is 4.57. The van der Waals surface area contributed by atoms with Gasteiger partial charge in [-0.2, -0.15) is 13.2 Å². The predicted octanol–water partition coefficient (Wildman–Crippen LogP) is 5.42. The van der Waals surface area contributed by atoms with Crippen LogP contribution in [-0.4, -0.2) is 62.8 Å². The second-order valence-electron chi connectivity index (χ2n) is 11.4. The molecule has 0 saturated carbocycles. The zero-order chi connectivity index (χ0) is 32.8. The molecule has 0 aliphatic heterocycles. The minimum atomic E-state index is -4.52. The summed E-state index contributed by atoms with van der Waals surface area (Å²) in [6, 6.07) is 3.43. The Labute approximate surface area is 251 Å². The van der Waals surface area contributed by atoms with E-state index in [2.05, 4.69) is 10.3 Å². The van der Waals surface area contributed by atoms with E-state index in [1.807, 2.05) is 0 Å². The van der Waals surface area contributed by atoms with E-state index >= 15 is 0 Å². The molecule has 0 spiro atoms. The van der Waals surface area contributed by atoms with Gasteiger partial charge in [0.1, 0.15) is 11.4 Å². The molecule has 10 nitrogen and oxygen atoms in total. The van der Waals surface area contributed by atoms with Crippen LogP contribution in [0.1, 0.15) is 57.7 Å². The number of likely N-dealkylation sites (N-methyl/N-ethyl adjacent to an activating group) is 1. The first-order valence-corrected chi connectivity index (χ1v) is 13.8. The first-order chi connectivity index (χ1) is 20.4. The molecule has 1 N–H and O–H groups in total. The number of unbranched alkanes of at least 4 members (excludes halogenated alkanes) is 1. The average Bonchev–Trinajstić information content (AvgIpc) is 3.25. The highest BCUT2D eigenvalue weighted by Crippen LogP contribution is 2.30. The molecular formula is C30H35F4N5O5. The standard InChI is InChI=1S/C30H35F4N5O5/c1-29(2,3)44-28(43)39-22(17-20-16-21(31)15-19(25(20)39)11-12-30(32,33)34)18-38-14-13-35-26(27(38)42)36-23(40)9-7-6-8-10-24(41)37(4)5/h8,10,13-17H,6-7,9,11-12,18H2,1-5H3,(H,35,36,40)/b10-8+. The fraction of sp³-hybridized carbons (Fsp3) is 0.433. The van der Waals surface area contributed by atoms with Crippen molar-refractivity contribution < 1.29 is 36.7 Å². The van der Waals surface area contributed by atoms with E-state index in [1.165, 1.54) is 29.4 Å². The van der Waals surface area contributed by atoms with Crippen molar-refractivity contribution in [1.82, 2.24) is 19.0 Å². The number of hydrogen-bond donors (Lipinski definition) is 1. The van der Waals surface area contributed by atoms with Crippen molar-refractivity contribution in [3.8, 4) is 0 Å². The van der Waals surface area contributed by atoms with Gasteiger partial charge in [-0.3, -0.25) is 14.4 Å². The van der Waals surface area contributed by atoms with Crippen molar-refractivity contribution >= 4 is 34.6 Å². The van der Waals surface area contributed by atoms with Crippen LogP contribution in [0.15, 0.2) is 47.5 Å². The number of aromatic nitrogens is 3. The van der Waals surface area contributed by atoms with E-state index in [0.717, 1.165) is 21.3 Å². The van der Waals surface area contributed by atoms with E-state index < -0.39 is 48.0 Å². The van der Waals surface area contributed by atoms with Crippen LogP contribution in [0.5, 0.6) is 0 Å². The third kappa shape index (κ3) is 9.51. The molecule has 14 heteroatoms. The summed E-state index contributed by atoms with van der Waals surface area (Å²) in [7, 11) is 3.24. The molecule has 0 aliphatic rings. The molecule has 0 saturated heterocycles. The second-order valence-corrected chi connectivity index (χ2v) is 11.4. The lowest BCUT2D eigenvalue weighted by atomic mass is 10.1. The van der Waals surface area contributed by atoms with Gasteiger partial charge in [0.2, 0.25) is 11.8 Å². The summed E-state index contributed by atoms with van der Waals surface area (Å²) < 4.78 is 61.4. The number of aryl methyl sites for hydroxylation is 1. The van der Waals surface area contributed by atoms with Crippen molar-refractivity contribution in [2.45, 2.75) is 71.2 Å². The number of halogens is 4. The lowest BCUT2D eigenvalue weighted by molar-refractivity contribution is -0.134. The number of nitrogens with zero attached hydrogens (tertiary/aromatic N) is 4. The molecule has 0 radical (unpaired) electrons. The Kier molecular flexibility index (Phi) is 10.7. The van der Waals surface area contributed by atoms with Crippen LogP contribution >= 0.6 is 0 Å². The van der Waals surface area contributed by atoms with Crippen molar-refractivity contribution in [1.29, 1.82) is 0 Å². The molecule has 0 unspecified atom stereocenters. The molecule has 3 rings (SSSR count). The molecule has 2 heterocycles. The van der Waals surface area contributed by atoms with Crippen molar-refractivity contribution in [2.75, 3.05) is 19.4 Å². The maximum absolute atomic E-state index is 14.5. The van der Waals surface area contributed by atoms with Crippen molar-refractivity contribution in [3.63, 3.8) is 0 Å². The van der Waals surface area contributed by atoms with E-state index in [4.69, 9.17) is 4.74 Å². The molecule has 0 bridgehead atoms. The molecule has 238 valence electrons. The fourth-order valence-corrected chi connectivity index (χ4v) is 4.29. The quantitative estimate of drug-likeness (QED) is 0.184.